The number of nitriles is 1. The highest BCUT2D eigenvalue weighted by atomic mass is 32.1. The van der Waals surface area contributed by atoms with Crippen molar-refractivity contribution in [3.8, 4) is 6.07 Å². The van der Waals surface area contributed by atoms with E-state index in [1.807, 2.05) is 22.9 Å². The molecule has 3 rings (SSSR count). The van der Waals surface area contributed by atoms with Gasteiger partial charge < -0.3 is 10.4 Å². The van der Waals surface area contributed by atoms with Gasteiger partial charge in [-0.25, -0.2) is 4.98 Å². The van der Waals surface area contributed by atoms with Crippen LogP contribution in [0.4, 0.5) is 5.82 Å². The van der Waals surface area contributed by atoms with Gasteiger partial charge in [0.2, 0.25) is 0 Å². The summed E-state index contributed by atoms with van der Waals surface area (Å²) in [4.78, 5) is 4.60. The molecule has 0 spiro atoms. The molecule has 2 N–H and O–H groups in total. The Morgan fingerprint density at radius 2 is 2.29 bits per heavy atom. The van der Waals surface area contributed by atoms with Crippen molar-refractivity contribution in [2.24, 2.45) is 0 Å². The van der Waals surface area contributed by atoms with Crippen molar-refractivity contribution < 1.29 is 5.11 Å². The minimum atomic E-state index is -0.583. The quantitative estimate of drug-likeness (QED) is 0.910. The first-order valence-corrected chi connectivity index (χ1v) is 8.09. The van der Waals surface area contributed by atoms with Crippen LogP contribution in [0, 0.1) is 11.3 Å². The number of aliphatic hydroxyl groups is 1. The first kappa shape index (κ1) is 14.1. The van der Waals surface area contributed by atoms with Gasteiger partial charge in [0.15, 0.2) is 0 Å². The lowest BCUT2D eigenvalue weighted by Crippen LogP contribution is -2.15. The molecule has 1 unspecified atom stereocenters. The third-order valence-corrected chi connectivity index (χ3v) is 4.51. The van der Waals surface area contributed by atoms with Gasteiger partial charge >= 0.3 is 0 Å². The van der Waals surface area contributed by atoms with Crippen LogP contribution in [0.25, 0.3) is 0 Å². The third kappa shape index (κ3) is 3.07. The number of nitrogens with zero attached hydrogens (tertiary/aromatic N) is 2. The van der Waals surface area contributed by atoms with E-state index in [0.29, 0.717) is 17.9 Å². The maximum atomic E-state index is 10.1. The highest BCUT2D eigenvalue weighted by Crippen LogP contribution is 2.25. The summed E-state index contributed by atoms with van der Waals surface area (Å²) in [5, 5.41) is 26.4. The lowest BCUT2D eigenvalue weighted by molar-refractivity contribution is 0.192. The molecular weight excluding hydrogens is 282 g/mol. The number of aliphatic hydroxyl groups excluding tert-OH is 1. The Labute approximate surface area is 128 Å². The van der Waals surface area contributed by atoms with Crippen LogP contribution in [0.5, 0.6) is 0 Å². The first-order valence-electron chi connectivity index (χ1n) is 7.15. The molecule has 2 aromatic heterocycles. The predicted molar refractivity (Wildman–Crippen MR) is 83.4 cm³/mol. The Kier molecular flexibility index (Phi) is 4.18. The number of aromatic nitrogens is 1. The summed E-state index contributed by atoms with van der Waals surface area (Å²) in [5.41, 5.74) is 3.74. The molecule has 0 aliphatic heterocycles. The van der Waals surface area contributed by atoms with Gasteiger partial charge in [-0.2, -0.15) is 16.6 Å². The molecule has 0 saturated carbocycles. The highest BCUT2D eigenvalue weighted by Gasteiger charge is 2.16. The van der Waals surface area contributed by atoms with E-state index >= 15 is 0 Å². The van der Waals surface area contributed by atoms with Crippen molar-refractivity contribution in [1.29, 1.82) is 5.26 Å². The fourth-order valence-electron chi connectivity index (χ4n) is 2.63. The number of fused-ring (bicyclic) bond motifs is 1. The summed E-state index contributed by atoms with van der Waals surface area (Å²) in [5.74, 6) is 0.590. The summed E-state index contributed by atoms with van der Waals surface area (Å²) in [6.45, 7) is 0.358. The van der Waals surface area contributed by atoms with Crippen molar-refractivity contribution in [3.63, 3.8) is 0 Å². The monoisotopic (exact) mass is 299 g/mol. The molecule has 108 valence electrons. The van der Waals surface area contributed by atoms with E-state index < -0.39 is 6.10 Å². The van der Waals surface area contributed by atoms with E-state index in [0.717, 1.165) is 30.5 Å². The van der Waals surface area contributed by atoms with Crippen molar-refractivity contribution in [1.82, 2.24) is 4.98 Å². The van der Waals surface area contributed by atoms with Gasteiger partial charge in [-0.1, -0.05) is 0 Å². The second-order valence-corrected chi connectivity index (χ2v) is 6.04. The molecule has 1 atom stereocenters. The van der Waals surface area contributed by atoms with Gasteiger partial charge in [0.05, 0.1) is 11.7 Å². The van der Waals surface area contributed by atoms with Crippen LogP contribution in [0.15, 0.2) is 22.9 Å². The van der Waals surface area contributed by atoms with E-state index in [1.54, 1.807) is 11.3 Å². The number of hydrogen-bond donors (Lipinski definition) is 2. The molecule has 2 aromatic rings. The Morgan fingerprint density at radius 1 is 1.43 bits per heavy atom. The maximum Gasteiger partial charge on any atom is 0.144 e. The minimum absolute atomic E-state index is 0.358. The summed E-state index contributed by atoms with van der Waals surface area (Å²) < 4.78 is 0. The summed E-state index contributed by atoms with van der Waals surface area (Å²) in [7, 11) is 0. The molecule has 0 aromatic carbocycles. The Balaban J connectivity index is 1.77. The number of rotatable bonds is 4. The molecular formula is C16H17N3OS. The van der Waals surface area contributed by atoms with E-state index in [4.69, 9.17) is 0 Å². The zero-order valence-electron chi connectivity index (χ0n) is 11.7. The number of aryl methyl sites for hydroxylation is 2. The van der Waals surface area contributed by atoms with Crippen molar-refractivity contribution in [2.45, 2.75) is 31.8 Å². The maximum absolute atomic E-state index is 10.1. The third-order valence-electron chi connectivity index (χ3n) is 3.81. The van der Waals surface area contributed by atoms with Gasteiger partial charge in [-0.15, -0.1) is 0 Å². The van der Waals surface area contributed by atoms with Gasteiger partial charge in [-0.3, -0.25) is 0 Å². The van der Waals surface area contributed by atoms with Crippen molar-refractivity contribution in [3.05, 3.63) is 45.3 Å². The number of thiophene rings is 1. The van der Waals surface area contributed by atoms with Crippen LogP contribution >= 0.6 is 11.3 Å². The van der Waals surface area contributed by atoms with Gasteiger partial charge in [-0.05, 0) is 59.7 Å². The lowest BCUT2D eigenvalue weighted by atomic mass is 9.95. The summed E-state index contributed by atoms with van der Waals surface area (Å²) in [6.07, 6.45) is 3.73. The molecule has 0 radical (unpaired) electrons. The molecule has 0 bridgehead atoms. The van der Waals surface area contributed by atoms with Gasteiger partial charge in [0, 0.05) is 12.2 Å². The Hall–Kier alpha value is -1.90. The molecule has 1 aliphatic rings. The van der Waals surface area contributed by atoms with Gasteiger partial charge in [0.25, 0.3) is 0 Å². The van der Waals surface area contributed by atoms with E-state index in [9.17, 15) is 10.4 Å². The molecule has 0 amide bonds. The van der Waals surface area contributed by atoms with Crippen LogP contribution in [0.1, 0.15) is 41.3 Å². The Bertz CT molecular complexity index is 661. The van der Waals surface area contributed by atoms with Crippen LogP contribution in [0.2, 0.25) is 0 Å². The highest BCUT2D eigenvalue weighted by molar-refractivity contribution is 7.07. The molecule has 2 heterocycles. The SMILES string of the molecule is N#Cc1cc2c(nc1NCC(O)c1ccsc1)CCCC2. The van der Waals surface area contributed by atoms with E-state index in [2.05, 4.69) is 16.4 Å². The van der Waals surface area contributed by atoms with E-state index in [1.165, 1.54) is 12.0 Å². The van der Waals surface area contributed by atoms with Crippen LogP contribution in [-0.4, -0.2) is 16.6 Å². The molecule has 21 heavy (non-hydrogen) atoms. The molecule has 5 heteroatoms. The van der Waals surface area contributed by atoms with E-state index in [-0.39, 0.29) is 0 Å². The second-order valence-electron chi connectivity index (χ2n) is 5.26. The van der Waals surface area contributed by atoms with Crippen molar-refractivity contribution >= 4 is 17.2 Å². The van der Waals surface area contributed by atoms with Crippen LogP contribution in [0.3, 0.4) is 0 Å². The van der Waals surface area contributed by atoms with Crippen LogP contribution in [-0.2, 0) is 12.8 Å². The number of nitrogens with one attached hydrogen (secondary N) is 1. The summed E-state index contributed by atoms with van der Waals surface area (Å²) >= 11 is 1.56. The second kappa shape index (κ2) is 6.25. The van der Waals surface area contributed by atoms with Crippen molar-refractivity contribution in [2.75, 3.05) is 11.9 Å². The molecule has 4 nitrogen and oxygen atoms in total. The minimum Gasteiger partial charge on any atom is -0.387 e. The lowest BCUT2D eigenvalue weighted by Gasteiger charge is -2.18. The summed E-state index contributed by atoms with van der Waals surface area (Å²) in [6, 6.07) is 6.05. The molecule has 0 fully saturated rings. The molecule has 1 aliphatic carbocycles. The normalized spacial score (nSPS) is 15.0. The standard InChI is InChI=1S/C16H17N3OS/c17-8-13-7-11-3-1-2-4-14(11)19-16(13)18-9-15(20)12-5-6-21-10-12/h5-7,10,15,20H,1-4,9H2,(H,18,19). The smallest absolute Gasteiger partial charge is 0.144 e. The first-order chi connectivity index (χ1) is 10.3. The Morgan fingerprint density at radius 3 is 3.05 bits per heavy atom. The average Bonchev–Trinajstić information content (AvgIpc) is 3.06. The number of hydrogen-bond acceptors (Lipinski definition) is 5. The number of anilines is 1. The number of pyridine rings is 1. The average molecular weight is 299 g/mol. The zero-order valence-corrected chi connectivity index (χ0v) is 12.5. The largest absolute Gasteiger partial charge is 0.387 e. The van der Waals surface area contributed by atoms with Gasteiger partial charge in [0.1, 0.15) is 11.9 Å². The fourth-order valence-corrected chi connectivity index (χ4v) is 3.34. The molecule has 0 saturated heterocycles. The topological polar surface area (TPSA) is 68.9 Å². The predicted octanol–water partition coefficient (Wildman–Crippen LogP) is 3.04. The van der Waals surface area contributed by atoms with Crippen LogP contribution < -0.4 is 5.32 Å². The fraction of sp³-hybridized carbons (Fsp3) is 0.375. The zero-order chi connectivity index (χ0) is 14.7.